The van der Waals surface area contributed by atoms with Gasteiger partial charge in [0, 0.05) is 25.8 Å². The molecule has 1 aromatic carbocycles. The van der Waals surface area contributed by atoms with E-state index in [0.29, 0.717) is 18.5 Å². The van der Waals surface area contributed by atoms with Gasteiger partial charge in [-0.2, -0.15) is 4.98 Å². The molecule has 0 saturated carbocycles. The van der Waals surface area contributed by atoms with E-state index in [-0.39, 0.29) is 5.82 Å². The van der Waals surface area contributed by atoms with E-state index in [1.165, 1.54) is 6.07 Å². The highest BCUT2D eigenvalue weighted by Crippen LogP contribution is 2.13. The van der Waals surface area contributed by atoms with Crippen molar-refractivity contribution in [1.29, 1.82) is 0 Å². The smallest absolute Gasteiger partial charge is 0.227 e. The van der Waals surface area contributed by atoms with Gasteiger partial charge in [-0.05, 0) is 37.0 Å². The number of halogens is 1. The largest absolute Gasteiger partial charge is 0.370 e. The third-order valence-corrected chi connectivity index (χ3v) is 3.57. The van der Waals surface area contributed by atoms with Crippen LogP contribution in [0.25, 0.3) is 0 Å². The van der Waals surface area contributed by atoms with Crippen LogP contribution in [0.1, 0.15) is 32.3 Å². The molecule has 0 bridgehead atoms. The van der Waals surface area contributed by atoms with Gasteiger partial charge in [-0.25, -0.2) is 9.37 Å². The molecule has 5 heteroatoms. The van der Waals surface area contributed by atoms with E-state index in [4.69, 9.17) is 0 Å². The zero-order chi connectivity index (χ0) is 16.5. The van der Waals surface area contributed by atoms with Gasteiger partial charge in [-0.3, -0.25) is 0 Å². The molecule has 0 aliphatic heterocycles. The van der Waals surface area contributed by atoms with E-state index in [0.717, 1.165) is 37.7 Å². The maximum absolute atomic E-state index is 13.6. The molecule has 0 aliphatic carbocycles. The van der Waals surface area contributed by atoms with Crippen molar-refractivity contribution in [3.8, 4) is 0 Å². The molecule has 2 aromatic rings. The summed E-state index contributed by atoms with van der Waals surface area (Å²) in [6, 6.07) is 8.71. The van der Waals surface area contributed by atoms with Crippen molar-refractivity contribution < 1.29 is 4.39 Å². The van der Waals surface area contributed by atoms with E-state index in [2.05, 4.69) is 34.0 Å². The minimum atomic E-state index is -0.158. The Morgan fingerprint density at radius 3 is 2.52 bits per heavy atom. The molecule has 0 saturated heterocycles. The summed E-state index contributed by atoms with van der Waals surface area (Å²) in [6.45, 7) is 6.84. The van der Waals surface area contributed by atoms with Gasteiger partial charge in [0.1, 0.15) is 11.6 Å². The normalized spacial score (nSPS) is 10.6. The Labute approximate surface area is 137 Å². The van der Waals surface area contributed by atoms with E-state index in [9.17, 15) is 4.39 Å². The average Bonchev–Trinajstić information content (AvgIpc) is 2.57. The van der Waals surface area contributed by atoms with Crippen LogP contribution >= 0.6 is 0 Å². The summed E-state index contributed by atoms with van der Waals surface area (Å²) in [5.41, 5.74) is 0.716. The molecule has 4 nitrogen and oxygen atoms in total. The molecule has 0 radical (unpaired) electrons. The molecule has 1 aromatic heterocycles. The van der Waals surface area contributed by atoms with Gasteiger partial charge in [0.2, 0.25) is 5.95 Å². The standard InChI is InChI=1S/C18H25FN4/c1-3-13-23(14-4-2)18-21-12-10-17(22-18)20-11-9-15-7-5-6-8-16(15)19/h5-8,10,12H,3-4,9,11,13-14H2,1-2H3,(H,20,21,22). The lowest BCUT2D eigenvalue weighted by molar-refractivity contribution is 0.610. The van der Waals surface area contributed by atoms with Crippen LogP contribution in [0.4, 0.5) is 16.2 Å². The lowest BCUT2D eigenvalue weighted by Gasteiger charge is -2.21. The number of hydrogen-bond donors (Lipinski definition) is 1. The summed E-state index contributed by atoms with van der Waals surface area (Å²) in [5.74, 6) is 1.38. The number of anilines is 2. The number of aromatic nitrogens is 2. The fraction of sp³-hybridized carbons (Fsp3) is 0.444. The molecular weight excluding hydrogens is 291 g/mol. The Morgan fingerprint density at radius 2 is 1.83 bits per heavy atom. The summed E-state index contributed by atoms with van der Waals surface area (Å²) in [5, 5.41) is 3.26. The fourth-order valence-corrected chi connectivity index (χ4v) is 2.48. The van der Waals surface area contributed by atoms with Crippen LogP contribution < -0.4 is 10.2 Å². The first-order valence-corrected chi connectivity index (χ1v) is 8.29. The van der Waals surface area contributed by atoms with E-state index in [1.807, 2.05) is 18.2 Å². The van der Waals surface area contributed by atoms with Gasteiger partial charge >= 0.3 is 0 Å². The van der Waals surface area contributed by atoms with Gasteiger partial charge in [0.25, 0.3) is 0 Å². The van der Waals surface area contributed by atoms with Crippen LogP contribution in [0.2, 0.25) is 0 Å². The maximum atomic E-state index is 13.6. The SMILES string of the molecule is CCCN(CCC)c1nccc(NCCc2ccccc2F)n1. The first kappa shape index (κ1) is 17.2. The van der Waals surface area contributed by atoms with Crippen LogP contribution in [0.3, 0.4) is 0 Å². The van der Waals surface area contributed by atoms with E-state index >= 15 is 0 Å². The lowest BCUT2D eigenvalue weighted by Crippen LogP contribution is -2.27. The average molecular weight is 316 g/mol. The van der Waals surface area contributed by atoms with Crippen molar-refractivity contribution in [2.24, 2.45) is 0 Å². The van der Waals surface area contributed by atoms with Gasteiger partial charge < -0.3 is 10.2 Å². The van der Waals surface area contributed by atoms with Crippen molar-refractivity contribution >= 4 is 11.8 Å². The minimum absolute atomic E-state index is 0.158. The molecule has 23 heavy (non-hydrogen) atoms. The highest BCUT2D eigenvalue weighted by Gasteiger charge is 2.08. The Morgan fingerprint density at radius 1 is 1.09 bits per heavy atom. The third kappa shape index (κ3) is 5.20. The zero-order valence-electron chi connectivity index (χ0n) is 13.9. The monoisotopic (exact) mass is 316 g/mol. The Balaban J connectivity index is 1.95. The van der Waals surface area contributed by atoms with Crippen molar-refractivity contribution in [2.45, 2.75) is 33.1 Å². The quantitative estimate of drug-likeness (QED) is 0.762. The Kier molecular flexibility index (Phi) is 6.78. The van der Waals surface area contributed by atoms with Crippen molar-refractivity contribution in [2.75, 3.05) is 29.9 Å². The molecule has 1 heterocycles. The highest BCUT2D eigenvalue weighted by molar-refractivity contribution is 5.41. The Hall–Kier alpha value is -2.17. The second kappa shape index (κ2) is 9.08. The highest BCUT2D eigenvalue weighted by atomic mass is 19.1. The number of rotatable bonds is 9. The zero-order valence-corrected chi connectivity index (χ0v) is 13.9. The summed E-state index contributed by atoms with van der Waals surface area (Å²) in [7, 11) is 0. The number of nitrogens with zero attached hydrogens (tertiary/aromatic N) is 3. The molecule has 0 spiro atoms. The second-order valence-electron chi connectivity index (χ2n) is 5.50. The number of nitrogens with one attached hydrogen (secondary N) is 1. The number of hydrogen-bond acceptors (Lipinski definition) is 4. The first-order chi connectivity index (χ1) is 11.2. The molecular formula is C18H25FN4. The predicted molar refractivity (Wildman–Crippen MR) is 93.4 cm³/mol. The summed E-state index contributed by atoms with van der Waals surface area (Å²) < 4.78 is 13.6. The van der Waals surface area contributed by atoms with Gasteiger partial charge in [-0.15, -0.1) is 0 Å². The van der Waals surface area contributed by atoms with Crippen LogP contribution in [0, 0.1) is 5.82 Å². The van der Waals surface area contributed by atoms with E-state index in [1.54, 1.807) is 12.3 Å². The van der Waals surface area contributed by atoms with Crippen molar-refractivity contribution in [3.63, 3.8) is 0 Å². The molecule has 124 valence electrons. The van der Waals surface area contributed by atoms with Crippen molar-refractivity contribution in [1.82, 2.24) is 9.97 Å². The molecule has 1 N–H and O–H groups in total. The van der Waals surface area contributed by atoms with Crippen molar-refractivity contribution in [3.05, 3.63) is 47.9 Å². The third-order valence-electron chi connectivity index (χ3n) is 3.57. The van der Waals surface area contributed by atoms with Crippen LogP contribution in [0.15, 0.2) is 36.5 Å². The molecule has 0 aliphatic rings. The molecule has 0 unspecified atom stereocenters. The summed E-state index contributed by atoms with van der Waals surface area (Å²) in [4.78, 5) is 11.1. The molecule has 0 fully saturated rings. The maximum Gasteiger partial charge on any atom is 0.227 e. The van der Waals surface area contributed by atoms with Crippen LogP contribution in [-0.4, -0.2) is 29.6 Å². The Bertz CT molecular complexity index is 597. The number of benzene rings is 1. The van der Waals surface area contributed by atoms with Gasteiger partial charge in [-0.1, -0.05) is 32.0 Å². The summed E-state index contributed by atoms with van der Waals surface area (Å²) >= 11 is 0. The van der Waals surface area contributed by atoms with Crippen LogP contribution in [-0.2, 0) is 6.42 Å². The minimum Gasteiger partial charge on any atom is -0.370 e. The predicted octanol–water partition coefficient (Wildman–Crippen LogP) is 3.90. The van der Waals surface area contributed by atoms with E-state index < -0.39 is 0 Å². The first-order valence-electron chi connectivity index (χ1n) is 8.29. The fourth-order valence-electron chi connectivity index (χ4n) is 2.48. The lowest BCUT2D eigenvalue weighted by atomic mass is 10.1. The van der Waals surface area contributed by atoms with Gasteiger partial charge in [0.15, 0.2) is 0 Å². The van der Waals surface area contributed by atoms with Gasteiger partial charge in [0.05, 0.1) is 0 Å². The topological polar surface area (TPSA) is 41.1 Å². The summed E-state index contributed by atoms with van der Waals surface area (Å²) in [6.07, 6.45) is 4.52. The molecule has 0 amide bonds. The van der Waals surface area contributed by atoms with Crippen LogP contribution in [0.5, 0.6) is 0 Å². The molecule has 2 rings (SSSR count). The molecule has 0 atom stereocenters. The second-order valence-corrected chi connectivity index (χ2v) is 5.50.